The van der Waals surface area contributed by atoms with Gasteiger partial charge in [0.05, 0.1) is 12.0 Å². The van der Waals surface area contributed by atoms with E-state index in [4.69, 9.17) is 9.15 Å². The summed E-state index contributed by atoms with van der Waals surface area (Å²) in [7, 11) is 1.74. The highest BCUT2D eigenvalue weighted by Gasteiger charge is 2.34. The quantitative estimate of drug-likeness (QED) is 0.405. The molecule has 0 aliphatic carbocycles. The first-order valence-corrected chi connectivity index (χ1v) is 12.7. The van der Waals surface area contributed by atoms with Crippen LogP contribution < -0.4 is 5.63 Å². The van der Waals surface area contributed by atoms with Crippen molar-refractivity contribution in [3.63, 3.8) is 0 Å². The van der Waals surface area contributed by atoms with Crippen LogP contribution in [-0.4, -0.2) is 60.8 Å². The predicted octanol–water partition coefficient (Wildman–Crippen LogP) is 4.67. The number of fused-ring (bicyclic) bond motifs is 4. The van der Waals surface area contributed by atoms with E-state index in [1.807, 2.05) is 31.2 Å². The minimum Gasteiger partial charge on any atom is -0.507 e. The zero-order valence-corrected chi connectivity index (χ0v) is 20.4. The summed E-state index contributed by atoms with van der Waals surface area (Å²) in [6, 6.07) is 10.2. The molecule has 6 heteroatoms. The maximum atomic E-state index is 12.5. The molecule has 2 unspecified atom stereocenters. The van der Waals surface area contributed by atoms with Gasteiger partial charge in [-0.1, -0.05) is 24.6 Å². The highest BCUT2D eigenvalue weighted by atomic mass is 16.5. The van der Waals surface area contributed by atoms with Crippen LogP contribution in [0.2, 0.25) is 0 Å². The maximum absolute atomic E-state index is 12.5. The van der Waals surface area contributed by atoms with Crippen LogP contribution in [0, 0.1) is 12.8 Å². The van der Waals surface area contributed by atoms with E-state index in [1.165, 1.54) is 45.2 Å². The highest BCUT2D eigenvalue weighted by molar-refractivity contribution is 6.05. The van der Waals surface area contributed by atoms with Gasteiger partial charge in [0.1, 0.15) is 11.3 Å². The van der Waals surface area contributed by atoms with Gasteiger partial charge in [-0.25, -0.2) is 4.79 Å². The van der Waals surface area contributed by atoms with Gasteiger partial charge in [-0.2, -0.15) is 0 Å². The van der Waals surface area contributed by atoms with Crippen LogP contribution >= 0.6 is 0 Å². The number of methoxy groups -OCH3 is 1. The second kappa shape index (κ2) is 10.1. The van der Waals surface area contributed by atoms with Crippen LogP contribution in [0.3, 0.4) is 0 Å². The molecule has 2 fully saturated rings. The number of ether oxygens (including phenoxy) is 1. The van der Waals surface area contributed by atoms with E-state index in [0.29, 0.717) is 41.6 Å². The molecule has 3 aromatic rings. The Labute approximate surface area is 201 Å². The number of hydrogen-bond acceptors (Lipinski definition) is 6. The summed E-state index contributed by atoms with van der Waals surface area (Å²) in [6.07, 6.45) is 6.49. The normalized spacial score (nSPS) is 21.4. The first kappa shape index (κ1) is 23.3. The van der Waals surface area contributed by atoms with Gasteiger partial charge in [0.15, 0.2) is 0 Å². The van der Waals surface area contributed by atoms with Crippen LogP contribution in [-0.2, 0) is 11.3 Å². The molecule has 0 bridgehead atoms. The van der Waals surface area contributed by atoms with Gasteiger partial charge in [0, 0.05) is 49.3 Å². The third-order valence-electron chi connectivity index (χ3n) is 7.92. The van der Waals surface area contributed by atoms with Gasteiger partial charge in [-0.15, -0.1) is 0 Å². The summed E-state index contributed by atoms with van der Waals surface area (Å²) in [4.78, 5) is 17.6. The molecule has 2 aliphatic heterocycles. The molecule has 0 saturated carbocycles. The van der Waals surface area contributed by atoms with Crippen molar-refractivity contribution in [2.24, 2.45) is 5.92 Å². The lowest BCUT2D eigenvalue weighted by Crippen LogP contribution is -2.51. The number of nitrogens with zero attached hydrogens (tertiary/aromatic N) is 2. The third kappa shape index (κ3) is 4.47. The molecule has 2 saturated heterocycles. The monoisotopic (exact) mass is 464 g/mol. The fourth-order valence-electron chi connectivity index (χ4n) is 6.17. The molecule has 0 radical (unpaired) electrons. The first-order chi connectivity index (χ1) is 16.6. The number of hydrogen-bond donors (Lipinski definition) is 1. The molecule has 0 amide bonds. The summed E-state index contributed by atoms with van der Waals surface area (Å²) in [5, 5.41) is 13.4. The van der Waals surface area contributed by atoms with Gasteiger partial charge < -0.3 is 19.2 Å². The van der Waals surface area contributed by atoms with Crippen LogP contribution in [0.15, 0.2) is 39.5 Å². The molecule has 2 aromatic carbocycles. The molecular formula is C28H36N2O4. The van der Waals surface area contributed by atoms with Gasteiger partial charge in [0.25, 0.3) is 0 Å². The van der Waals surface area contributed by atoms with Crippen molar-refractivity contribution < 1.29 is 14.3 Å². The summed E-state index contributed by atoms with van der Waals surface area (Å²) in [5.74, 6) is 0.865. The fraction of sp³-hybridized carbons (Fsp3) is 0.536. The molecule has 0 spiro atoms. The Balaban J connectivity index is 1.48. The fourth-order valence-corrected chi connectivity index (χ4v) is 6.17. The number of aromatic hydroxyl groups is 1. The average molecular weight is 465 g/mol. The zero-order chi connectivity index (χ0) is 23.7. The smallest absolute Gasteiger partial charge is 0.344 e. The van der Waals surface area contributed by atoms with E-state index in [-0.39, 0.29) is 11.4 Å². The minimum atomic E-state index is -0.366. The standard InChI is InChI=1S/C28H36N2O4/c1-19-26(31)21(16-24-22-9-3-4-10-23(22)28(32)34-27(19)24)18-29(14-15-33-2)17-20-8-7-13-30-12-6-5-11-25(20)30/h3-4,9-10,16,20,25,31H,5-8,11-15,17-18H2,1-2H3. The highest BCUT2D eigenvalue weighted by Crippen LogP contribution is 2.35. The van der Waals surface area contributed by atoms with E-state index in [0.717, 1.165) is 29.4 Å². The van der Waals surface area contributed by atoms with Crippen LogP contribution in [0.4, 0.5) is 0 Å². The van der Waals surface area contributed by atoms with Crippen LogP contribution in [0.25, 0.3) is 21.7 Å². The lowest BCUT2D eigenvalue weighted by atomic mass is 9.83. The largest absolute Gasteiger partial charge is 0.507 e. The van der Waals surface area contributed by atoms with Gasteiger partial charge in [-0.05, 0) is 69.1 Å². The van der Waals surface area contributed by atoms with E-state index < -0.39 is 0 Å². The van der Waals surface area contributed by atoms with E-state index in [9.17, 15) is 9.90 Å². The SMILES string of the molecule is COCCN(Cc1cc2c(oc(=O)c3ccccc32)c(C)c1O)CC1CCCN2CCCCC12. The van der Waals surface area contributed by atoms with Crippen molar-refractivity contribution in [1.29, 1.82) is 0 Å². The second-order valence-electron chi connectivity index (χ2n) is 10.1. The Morgan fingerprint density at radius 3 is 2.74 bits per heavy atom. The van der Waals surface area contributed by atoms with Crippen molar-refractivity contribution in [2.75, 3.05) is 39.9 Å². The molecule has 182 valence electrons. The number of phenols is 1. The lowest BCUT2D eigenvalue weighted by Gasteiger charge is -2.45. The van der Waals surface area contributed by atoms with Crippen molar-refractivity contribution in [3.8, 4) is 5.75 Å². The molecule has 1 aromatic heterocycles. The first-order valence-electron chi connectivity index (χ1n) is 12.7. The summed E-state index contributed by atoms with van der Waals surface area (Å²) >= 11 is 0. The Morgan fingerprint density at radius 2 is 1.91 bits per heavy atom. The Kier molecular flexibility index (Phi) is 6.91. The number of aryl methyl sites for hydroxylation is 1. The van der Waals surface area contributed by atoms with E-state index >= 15 is 0 Å². The lowest BCUT2D eigenvalue weighted by molar-refractivity contribution is 0.0335. The average Bonchev–Trinajstić information content (AvgIpc) is 2.86. The Hall–Kier alpha value is -2.41. The minimum absolute atomic E-state index is 0.219. The molecule has 2 atom stereocenters. The summed E-state index contributed by atoms with van der Waals surface area (Å²) in [5.41, 5.74) is 1.60. The van der Waals surface area contributed by atoms with E-state index in [2.05, 4.69) is 9.80 Å². The van der Waals surface area contributed by atoms with E-state index in [1.54, 1.807) is 13.2 Å². The molecule has 1 N–H and O–H groups in total. The van der Waals surface area contributed by atoms with Crippen molar-refractivity contribution >= 4 is 21.7 Å². The second-order valence-corrected chi connectivity index (χ2v) is 10.1. The molecule has 6 nitrogen and oxygen atoms in total. The molecule has 2 aliphatic rings. The molecule has 34 heavy (non-hydrogen) atoms. The molecule has 5 rings (SSSR count). The number of piperidine rings is 2. The summed E-state index contributed by atoms with van der Waals surface area (Å²) in [6.45, 7) is 7.44. The number of benzene rings is 2. The molecular weight excluding hydrogens is 428 g/mol. The Bertz CT molecular complexity index is 1220. The number of rotatable bonds is 7. The van der Waals surface area contributed by atoms with Gasteiger partial charge >= 0.3 is 5.63 Å². The van der Waals surface area contributed by atoms with Crippen molar-refractivity contribution in [1.82, 2.24) is 9.80 Å². The Morgan fingerprint density at radius 1 is 1.12 bits per heavy atom. The van der Waals surface area contributed by atoms with Crippen LogP contribution in [0.5, 0.6) is 5.75 Å². The third-order valence-corrected chi connectivity index (χ3v) is 7.92. The molecule has 3 heterocycles. The zero-order valence-electron chi connectivity index (χ0n) is 20.4. The summed E-state index contributed by atoms with van der Waals surface area (Å²) < 4.78 is 11.1. The van der Waals surface area contributed by atoms with Crippen molar-refractivity contribution in [3.05, 3.63) is 51.9 Å². The maximum Gasteiger partial charge on any atom is 0.344 e. The van der Waals surface area contributed by atoms with Gasteiger partial charge in [-0.3, -0.25) is 4.90 Å². The van der Waals surface area contributed by atoms with Crippen LogP contribution in [0.1, 0.15) is 43.2 Å². The topological polar surface area (TPSA) is 66.1 Å². The van der Waals surface area contributed by atoms with Gasteiger partial charge in [0.2, 0.25) is 0 Å². The van der Waals surface area contributed by atoms with Crippen molar-refractivity contribution in [2.45, 2.75) is 51.6 Å². The predicted molar refractivity (Wildman–Crippen MR) is 135 cm³/mol. The number of phenolic OH excluding ortho intramolecular Hbond substituents is 1.